The minimum absolute atomic E-state index is 0.195. The van der Waals surface area contributed by atoms with Crippen LogP contribution in [0.2, 0.25) is 5.15 Å². The van der Waals surface area contributed by atoms with Gasteiger partial charge in [0.1, 0.15) is 22.6 Å². The maximum Gasteiger partial charge on any atom is 0.137 e. The fraction of sp³-hybridized carbons (Fsp3) is 0.333. The Hall–Kier alpha value is -1.68. The third-order valence-electron chi connectivity index (χ3n) is 2.82. The van der Waals surface area contributed by atoms with Crippen molar-refractivity contribution in [1.82, 2.24) is 9.97 Å². The molecular formula is C15H17ClFN3. The highest BCUT2D eigenvalue weighted by Crippen LogP contribution is 2.25. The van der Waals surface area contributed by atoms with Gasteiger partial charge >= 0.3 is 0 Å². The molecule has 0 aliphatic carbocycles. The second-order valence-corrected chi connectivity index (χ2v) is 6.12. The van der Waals surface area contributed by atoms with Crippen LogP contribution in [-0.2, 0) is 5.41 Å². The molecule has 0 fully saturated rings. The van der Waals surface area contributed by atoms with Crippen molar-refractivity contribution in [3.05, 3.63) is 46.6 Å². The van der Waals surface area contributed by atoms with Crippen LogP contribution in [0, 0.1) is 12.7 Å². The SMILES string of the molecule is Cc1cc(F)ccc1Nc1cc(Cl)nc(C(C)(C)C)n1. The topological polar surface area (TPSA) is 37.8 Å². The van der Waals surface area contributed by atoms with Gasteiger partial charge in [-0.2, -0.15) is 0 Å². The number of nitrogens with zero attached hydrogens (tertiary/aromatic N) is 2. The van der Waals surface area contributed by atoms with Crippen LogP contribution in [0.15, 0.2) is 24.3 Å². The summed E-state index contributed by atoms with van der Waals surface area (Å²) in [5.41, 5.74) is 1.40. The van der Waals surface area contributed by atoms with Crippen molar-refractivity contribution >= 4 is 23.1 Å². The van der Waals surface area contributed by atoms with E-state index in [2.05, 4.69) is 15.3 Å². The molecule has 0 radical (unpaired) electrons. The summed E-state index contributed by atoms with van der Waals surface area (Å²) >= 11 is 6.04. The zero-order valence-corrected chi connectivity index (χ0v) is 12.7. The standard InChI is InChI=1S/C15H17ClFN3/c1-9-7-10(17)5-6-11(9)18-13-8-12(16)19-14(20-13)15(2,3)4/h5-8H,1-4H3,(H,18,19,20). The smallest absolute Gasteiger partial charge is 0.137 e. The number of rotatable bonds is 2. The van der Waals surface area contributed by atoms with Crippen molar-refractivity contribution in [2.24, 2.45) is 0 Å². The average Bonchev–Trinajstić information content (AvgIpc) is 2.31. The molecule has 0 bridgehead atoms. The zero-order valence-electron chi connectivity index (χ0n) is 12.0. The van der Waals surface area contributed by atoms with Gasteiger partial charge in [0.25, 0.3) is 0 Å². The molecule has 5 heteroatoms. The van der Waals surface area contributed by atoms with Crippen molar-refractivity contribution in [3.63, 3.8) is 0 Å². The van der Waals surface area contributed by atoms with Crippen LogP contribution in [0.1, 0.15) is 32.2 Å². The molecule has 1 aromatic heterocycles. The zero-order chi connectivity index (χ0) is 14.9. The first kappa shape index (κ1) is 14.7. The molecule has 0 unspecified atom stereocenters. The predicted octanol–water partition coefficient (Wildman–Crippen LogP) is 4.62. The van der Waals surface area contributed by atoms with Crippen LogP contribution in [0.4, 0.5) is 15.9 Å². The monoisotopic (exact) mass is 293 g/mol. The molecule has 106 valence electrons. The van der Waals surface area contributed by atoms with Gasteiger partial charge in [-0.1, -0.05) is 32.4 Å². The molecule has 2 rings (SSSR count). The molecule has 20 heavy (non-hydrogen) atoms. The summed E-state index contributed by atoms with van der Waals surface area (Å²) in [7, 11) is 0. The van der Waals surface area contributed by atoms with E-state index in [0.29, 0.717) is 16.8 Å². The Balaban J connectivity index is 2.36. The van der Waals surface area contributed by atoms with Crippen molar-refractivity contribution in [1.29, 1.82) is 0 Å². The van der Waals surface area contributed by atoms with Gasteiger partial charge in [-0.05, 0) is 30.7 Å². The number of hydrogen-bond donors (Lipinski definition) is 1. The van der Waals surface area contributed by atoms with E-state index in [4.69, 9.17) is 11.6 Å². The number of hydrogen-bond acceptors (Lipinski definition) is 3. The maximum atomic E-state index is 13.1. The van der Waals surface area contributed by atoms with E-state index in [-0.39, 0.29) is 11.2 Å². The second-order valence-electron chi connectivity index (χ2n) is 5.73. The van der Waals surface area contributed by atoms with Gasteiger partial charge < -0.3 is 5.32 Å². The summed E-state index contributed by atoms with van der Waals surface area (Å²) in [6.45, 7) is 7.89. The van der Waals surface area contributed by atoms with Gasteiger partial charge in [-0.3, -0.25) is 0 Å². The Bertz CT molecular complexity index is 636. The molecule has 1 N–H and O–H groups in total. The van der Waals surface area contributed by atoms with E-state index in [1.165, 1.54) is 12.1 Å². The van der Waals surface area contributed by atoms with Crippen molar-refractivity contribution in [2.45, 2.75) is 33.1 Å². The molecule has 0 saturated heterocycles. The predicted molar refractivity (Wildman–Crippen MR) is 80.2 cm³/mol. The minimum Gasteiger partial charge on any atom is -0.340 e. The summed E-state index contributed by atoms with van der Waals surface area (Å²) < 4.78 is 13.1. The van der Waals surface area contributed by atoms with Crippen LogP contribution < -0.4 is 5.32 Å². The van der Waals surface area contributed by atoms with E-state index in [0.717, 1.165) is 11.3 Å². The highest BCUT2D eigenvalue weighted by atomic mass is 35.5. The number of anilines is 2. The third-order valence-corrected chi connectivity index (χ3v) is 3.01. The van der Waals surface area contributed by atoms with Crippen molar-refractivity contribution in [3.8, 4) is 0 Å². The lowest BCUT2D eigenvalue weighted by Crippen LogP contribution is -2.16. The van der Waals surface area contributed by atoms with Gasteiger partial charge in [0.05, 0.1) is 0 Å². The molecule has 0 aliphatic heterocycles. The third kappa shape index (κ3) is 3.45. The fourth-order valence-electron chi connectivity index (χ4n) is 1.72. The fourth-order valence-corrected chi connectivity index (χ4v) is 1.91. The number of nitrogens with one attached hydrogen (secondary N) is 1. The van der Waals surface area contributed by atoms with Crippen LogP contribution in [0.3, 0.4) is 0 Å². The Kier molecular flexibility index (Phi) is 3.95. The van der Waals surface area contributed by atoms with E-state index in [9.17, 15) is 4.39 Å². The van der Waals surface area contributed by atoms with Crippen LogP contribution in [0.5, 0.6) is 0 Å². The first-order valence-corrected chi connectivity index (χ1v) is 6.72. The molecule has 0 spiro atoms. The van der Waals surface area contributed by atoms with Gasteiger partial charge in [0.15, 0.2) is 0 Å². The molecular weight excluding hydrogens is 277 g/mol. The van der Waals surface area contributed by atoms with Crippen molar-refractivity contribution < 1.29 is 4.39 Å². The van der Waals surface area contributed by atoms with E-state index in [1.54, 1.807) is 12.1 Å². The first-order valence-electron chi connectivity index (χ1n) is 6.34. The highest BCUT2D eigenvalue weighted by molar-refractivity contribution is 6.29. The molecule has 3 nitrogen and oxygen atoms in total. The van der Waals surface area contributed by atoms with Gasteiger partial charge in [-0.25, -0.2) is 14.4 Å². The van der Waals surface area contributed by atoms with E-state index < -0.39 is 0 Å². The molecule has 1 heterocycles. The maximum absolute atomic E-state index is 13.1. The molecule has 0 atom stereocenters. The quantitative estimate of drug-likeness (QED) is 0.821. The molecule has 0 saturated carbocycles. The van der Waals surface area contributed by atoms with Crippen LogP contribution >= 0.6 is 11.6 Å². The Labute approximate surface area is 123 Å². The van der Waals surface area contributed by atoms with Gasteiger partial charge in [0, 0.05) is 17.2 Å². The van der Waals surface area contributed by atoms with Crippen LogP contribution in [0.25, 0.3) is 0 Å². The molecule has 0 amide bonds. The summed E-state index contributed by atoms with van der Waals surface area (Å²) in [6.07, 6.45) is 0. The van der Waals surface area contributed by atoms with E-state index >= 15 is 0 Å². The minimum atomic E-state index is -0.260. The summed E-state index contributed by atoms with van der Waals surface area (Å²) in [6, 6.07) is 6.20. The number of halogens is 2. The molecule has 1 aromatic carbocycles. The second kappa shape index (κ2) is 5.37. The normalized spacial score (nSPS) is 11.5. The van der Waals surface area contributed by atoms with Crippen molar-refractivity contribution in [2.75, 3.05) is 5.32 Å². The molecule has 2 aromatic rings. The lowest BCUT2D eigenvalue weighted by molar-refractivity contribution is 0.546. The number of aromatic nitrogens is 2. The lowest BCUT2D eigenvalue weighted by Gasteiger charge is -2.18. The number of aryl methyl sites for hydroxylation is 1. The lowest BCUT2D eigenvalue weighted by atomic mass is 9.96. The average molecular weight is 294 g/mol. The summed E-state index contributed by atoms with van der Waals surface area (Å²) in [5, 5.41) is 3.53. The summed E-state index contributed by atoms with van der Waals surface area (Å²) in [4.78, 5) is 8.70. The van der Waals surface area contributed by atoms with Gasteiger partial charge in [-0.15, -0.1) is 0 Å². The Morgan fingerprint density at radius 3 is 2.45 bits per heavy atom. The summed E-state index contributed by atoms with van der Waals surface area (Å²) in [5.74, 6) is 1.00. The van der Waals surface area contributed by atoms with Crippen LogP contribution in [-0.4, -0.2) is 9.97 Å². The number of benzene rings is 1. The first-order chi connectivity index (χ1) is 9.25. The van der Waals surface area contributed by atoms with E-state index in [1.807, 2.05) is 27.7 Å². The highest BCUT2D eigenvalue weighted by Gasteiger charge is 2.19. The largest absolute Gasteiger partial charge is 0.340 e. The molecule has 0 aliphatic rings. The Morgan fingerprint density at radius 2 is 1.85 bits per heavy atom. The van der Waals surface area contributed by atoms with Gasteiger partial charge in [0.2, 0.25) is 0 Å². The Morgan fingerprint density at radius 1 is 1.15 bits per heavy atom.